The molecule has 0 saturated heterocycles. The van der Waals surface area contributed by atoms with Crippen LogP contribution in [-0.2, 0) is 115 Å². The maximum Gasteiger partial charge on any atom is 0.305 e. The van der Waals surface area contributed by atoms with Crippen LogP contribution in [-0.4, -0.2) is 246 Å². The number of Topliss-reactive ketones (excluding diaryl/α,β-unsaturated/α-hetero) is 2. The monoisotopic (exact) mass is 1970 g/mol. The van der Waals surface area contributed by atoms with E-state index in [2.05, 4.69) is 79.6 Å². The molecule has 0 saturated carbocycles. The van der Waals surface area contributed by atoms with E-state index in [0.717, 1.165) is 0 Å². The number of phenols is 1. The van der Waals surface area contributed by atoms with Crippen LogP contribution in [0.1, 0.15) is 220 Å². The highest BCUT2D eigenvalue weighted by molar-refractivity contribution is 6.41. The number of unbranched alkanes of at least 4 members (excludes halogenated alkanes) is 1. The van der Waals surface area contributed by atoms with E-state index in [0.29, 0.717) is 54.1 Å². The van der Waals surface area contributed by atoms with Gasteiger partial charge < -0.3 is 124 Å². The fraction of sp³-hybridized carbons (Fsp3) is 0.562. The van der Waals surface area contributed by atoms with Gasteiger partial charge in [-0.25, -0.2) is 10.9 Å². The first-order valence-electron chi connectivity index (χ1n) is 47.5. The van der Waals surface area contributed by atoms with Crippen LogP contribution in [0.2, 0.25) is 0 Å². The minimum absolute atomic E-state index is 0.0524. The zero-order chi connectivity index (χ0) is 105. The fourth-order valence-electron chi connectivity index (χ4n) is 15.7. The zero-order valence-corrected chi connectivity index (χ0v) is 81.2. The highest BCUT2D eigenvalue weighted by Gasteiger charge is 2.44. The number of carbonyl (C=O) groups is 20. The molecule has 31 N–H and O–H groups in total. The highest BCUT2D eigenvalue weighted by atomic mass is 16.4. The van der Waals surface area contributed by atoms with Crippen LogP contribution in [0.25, 0.3) is 10.9 Å². The van der Waals surface area contributed by atoms with Gasteiger partial charge in [0.1, 0.15) is 83.3 Å². The average molecular weight is 1980 g/mol. The molecule has 16 amide bonds. The van der Waals surface area contributed by atoms with Crippen molar-refractivity contribution < 1.29 is 116 Å². The lowest BCUT2D eigenvalue weighted by Crippen LogP contribution is -2.66. The van der Waals surface area contributed by atoms with Crippen LogP contribution >= 0.6 is 0 Å². The Morgan fingerprint density at radius 1 is 0.475 bits per heavy atom. The van der Waals surface area contributed by atoms with Gasteiger partial charge in [-0.05, 0) is 176 Å². The van der Waals surface area contributed by atoms with Gasteiger partial charge in [0.2, 0.25) is 106 Å². The third kappa shape index (κ3) is 41.4. The van der Waals surface area contributed by atoms with E-state index in [9.17, 15) is 73.2 Å². The number of carboxylic acid groups (broad SMARTS) is 2. The number of allylic oxidation sites excluding steroid dienone is 2. The van der Waals surface area contributed by atoms with Crippen molar-refractivity contribution in [3.05, 3.63) is 114 Å². The normalized spacial score (nSPS) is 20.9. The molecule has 4 aromatic rings. The van der Waals surface area contributed by atoms with Gasteiger partial charge >= 0.3 is 11.9 Å². The number of ketones is 2. The summed E-state index contributed by atoms with van der Waals surface area (Å²) in [5, 5.41) is 71.3. The van der Waals surface area contributed by atoms with Crippen molar-refractivity contribution in [2.24, 2.45) is 52.2 Å². The van der Waals surface area contributed by atoms with Crippen molar-refractivity contribution >= 4 is 129 Å². The average Bonchev–Trinajstić information content (AvgIpc) is 1.80. The number of para-hydroxylation sites is 1. The number of aromatic amines is 1. The maximum absolute atomic E-state index is 15.7. The molecule has 15 atom stereocenters. The van der Waals surface area contributed by atoms with Crippen molar-refractivity contribution in [3.8, 4) is 5.75 Å². The minimum Gasteiger partial charge on any atom is -0.508 e. The van der Waals surface area contributed by atoms with E-state index in [1.54, 1.807) is 108 Å². The Hall–Kier alpha value is -13.7. The molecule has 0 unspecified atom stereocenters. The van der Waals surface area contributed by atoms with Gasteiger partial charge in [-0.1, -0.05) is 134 Å². The number of aromatic nitrogens is 1. The van der Waals surface area contributed by atoms with Crippen molar-refractivity contribution in [2.75, 3.05) is 13.2 Å². The van der Waals surface area contributed by atoms with Gasteiger partial charge in [0.25, 0.3) is 0 Å². The molecule has 3 aromatic carbocycles. The van der Waals surface area contributed by atoms with Crippen LogP contribution in [0.5, 0.6) is 5.75 Å². The number of benzene rings is 3. The summed E-state index contributed by atoms with van der Waals surface area (Å²) in [4.78, 5) is 285. The third-order valence-electron chi connectivity index (χ3n) is 23.6. The largest absolute Gasteiger partial charge is 0.508 e. The van der Waals surface area contributed by atoms with Crippen LogP contribution in [0, 0.1) is 17.8 Å². The molecule has 141 heavy (non-hydrogen) atoms. The first kappa shape index (κ1) is 118. The molecule has 1 aliphatic heterocycles. The fourth-order valence-corrected chi connectivity index (χ4v) is 15.7. The van der Waals surface area contributed by atoms with Gasteiger partial charge in [-0.3, -0.25) is 95.9 Å². The molecule has 1 aromatic heterocycles. The number of aromatic hydroxyl groups is 1. The van der Waals surface area contributed by atoms with E-state index in [4.69, 9.17) is 34.4 Å². The topological polar surface area (TPSA) is 763 Å². The number of rotatable bonds is 47. The lowest BCUT2D eigenvalue weighted by Gasteiger charge is -2.34. The third-order valence-corrected chi connectivity index (χ3v) is 23.6. The Morgan fingerprint density at radius 2 is 0.950 bits per heavy atom. The number of carboxylic acids is 2. The van der Waals surface area contributed by atoms with Crippen LogP contribution in [0.3, 0.4) is 0 Å². The molecule has 1 aliphatic rings. The number of primary amides is 4. The molecule has 776 valence electrons. The zero-order valence-electron chi connectivity index (χ0n) is 81.2. The van der Waals surface area contributed by atoms with Crippen LogP contribution in [0.15, 0.2) is 97.2 Å². The van der Waals surface area contributed by atoms with Gasteiger partial charge in [0.15, 0.2) is 0 Å². The number of aliphatic hydroxyl groups is 1. The number of aliphatic hydroxyl groups excluding tert-OH is 1. The summed E-state index contributed by atoms with van der Waals surface area (Å²) in [7, 11) is 0. The van der Waals surface area contributed by atoms with Crippen molar-refractivity contribution in [1.82, 2.24) is 79.6 Å². The molecule has 2 heterocycles. The first-order chi connectivity index (χ1) is 66.5. The number of amides is 16. The number of aliphatic carboxylic acids is 2. The number of hydrogen-bond acceptors (Lipinski definition) is 26. The Morgan fingerprint density at radius 3 is 1.50 bits per heavy atom. The Kier molecular flexibility index (Phi) is 49.3. The molecule has 0 spiro atoms. The van der Waals surface area contributed by atoms with Crippen LogP contribution in [0.4, 0.5) is 0 Å². The lowest BCUT2D eigenvalue weighted by molar-refractivity contribution is -0.142. The molecule has 45 nitrogen and oxygen atoms in total. The second kappa shape index (κ2) is 59.0. The summed E-state index contributed by atoms with van der Waals surface area (Å²) in [6.07, 6.45) is 0.896. The number of nitrogens with two attached hydrogens (primary N) is 6. The Bertz CT molecular complexity index is 4990. The Balaban J connectivity index is 1.69. The van der Waals surface area contributed by atoms with Gasteiger partial charge in [0, 0.05) is 49.2 Å². The number of carbonyl (C=O) groups excluding carboxylic acids is 18. The molecule has 5 rings (SSSR count). The molecular formula is C96H143N21O24. The number of hydrogen-bond donors (Lipinski definition) is 25. The number of phenolic OH excluding ortho intramolecular Hbond substituents is 1. The molecule has 0 fully saturated rings. The van der Waals surface area contributed by atoms with Gasteiger partial charge in [-0.2, -0.15) is 0 Å². The van der Waals surface area contributed by atoms with E-state index in [1.807, 2.05) is 6.08 Å². The molecule has 0 radical (unpaired) electrons. The van der Waals surface area contributed by atoms with E-state index in [-0.39, 0.29) is 107 Å². The summed E-state index contributed by atoms with van der Waals surface area (Å²) in [5.41, 5.74) is 37.8. The van der Waals surface area contributed by atoms with Gasteiger partial charge in [-0.15, -0.1) is 0 Å². The highest BCUT2D eigenvalue weighted by Crippen LogP contribution is 2.25. The first-order valence-corrected chi connectivity index (χ1v) is 47.5. The van der Waals surface area contributed by atoms with E-state index < -0.39 is 278 Å². The quantitative estimate of drug-likeness (QED) is 0.0102. The maximum atomic E-state index is 15.7. The minimum atomic E-state index is -2.01. The number of H-pyrrole nitrogens is 1. The van der Waals surface area contributed by atoms with E-state index in [1.165, 1.54) is 38.1 Å². The smallest absolute Gasteiger partial charge is 0.305 e. The molecular weight excluding hydrogens is 1830 g/mol. The second-order valence-corrected chi connectivity index (χ2v) is 37.3. The SMILES string of the molecule is CC(C)C[C@@H]1NC(=O)[C@H](CCCCN)NC(=O)[C@H](Cc2c[nH]c3ccccc23)NC(=O)[C@H](CC(C)C)NC(=O)[C@H](CC(N)=O)NC(=O)[C@](C)(NN[C@@H](Cc2ccccc2)C(=O)N[C@@H](Cc2ccc(O)cc2)C(=O)N[C@@H](CCC(=O)O)C(=O)C(=O)[C@H](CCC(N)=O)NC(=O)[C@@H](N)CO)CCCCCCC=CCCC[C@@](C)(C(=O)N[C@@H](CCC(N)=O)C(=O)N[C@@H](CC(=O)O)C(N)=O)NC(=O)[C@H](CC(C)C)NC1=O. The predicted molar refractivity (Wildman–Crippen MR) is 516 cm³/mol. The van der Waals surface area contributed by atoms with Crippen LogP contribution < -0.4 is 109 Å². The summed E-state index contributed by atoms with van der Waals surface area (Å²) < 4.78 is 0. The summed E-state index contributed by atoms with van der Waals surface area (Å²) in [6.45, 7) is 12.5. The van der Waals surface area contributed by atoms with Crippen molar-refractivity contribution in [3.63, 3.8) is 0 Å². The van der Waals surface area contributed by atoms with Crippen molar-refractivity contribution in [2.45, 2.75) is 312 Å². The molecule has 0 bridgehead atoms. The molecule has 0 aliphatic carbocycles. The second-order valence-electron chi connectivity index (χ2n) is 37.3. The van der Waals surface area contributed by atoms with E-state index >= 15 is 43.2 Å². The number of fused-ring (bicyclic) bond motifs is 1. The predicted octanol–water partition coefficient (Wildman–Crippen LogP) is -1.63. The Labute approximate surface area is 818 Å². The standard InChI is InChI=1S/C96H143N21O24/c1-53(2)43-68-86(133)110-70(45-55(5)6)92(139)115-95(7,93(140)113-66(35-38-76(100)121)85(132)107-67(82(102)129)50-79(125)126)40-22-14-12-10-9-11-13-15-23-41-96(8,94(141)114-73(49-77(101)122)90(137)109-69(44-54(3)4)87(134)112-72(48-58-51-103-62-28-20-19-27-60(58)62)89(136)106-65(84(131)108-68)29-21-24-42-97)117-116-74(47-56-25-17-16-18-26-56)91(138)111-71(46-57-30-32-59(119)33-31-57)88(135)105-64(36-39-78(123)124)81(128)80(127)63(34-37-75(99)120)104-83(130)61(98)52-118/h10,12,16-20,25-28,30-33,51,53-55,61,63-74,103,116-119H,9,11,13-15,21-24,29,34-50,52,97-98H2,1-8H3,(H2,99,120)(H2,100,121)(H2,101,122)(H2,102,129)(H,104,130)(H,105,135)(H,106,136)(H,107,132)(H,108,131)(H,109,137)(H,110,133)(H,111,138)(H,112,134)(H,113,140)(H,114,141)(H,115,139)(H,123,124)(H,125,126)/t61-,63-,64-,65-,66-,67-,68-,69-,70-,71-,72-,73-,74-,95-,96+/m0/s1. The summed E-state index contributed by atoms with van der Waals surface area (Å²) in [5.74, 6) is -23.6. The summed E-state index contributed by atoms with van der Waals surface area (Å²) >= 11 is 0. The molecule has 45 heteroatoms. The van der Waals surface area contributed by atoms with Gasteiger partial charge in [0.05, 0.1) is 31.5 Å². The number of hydrazine groups is 1. The lowest BCUT2D eigenvalue weighted by atomic mass is 9.91. The van der Waals surface area contributed by atoms with Crippen molar-refractivity contribution in [1.29, 1.82) is 0 Å². The summed E-state index contributed by atoms with van der Waals surface area (Å²) in [6, 6.07) is -1.10. The number of nitrogens with one attached hydrogen (secondary N) is 15.